The van der Waals surface area contributed by atoms with Crippen molar-refractivity contribution < 1.29 is 36.2 Å². The molecule has 3 saturated carbocycles. The minimum absolute atomic E-state index is 0.0444. The summed E-state index contributed by atoms with van der Waals surface area (Å²) in [6.07, 6.45) is -1.43. The van der Waals surface area contributed by atoms with Gasteiger partial charge in [0.15, 0.2) is 12.4 Å². The van der Waals surface area contributed by atoms with E-state index in [2.05, 4.69) is 20.5 Å². The normalized spacial score (nSPS) is 23.0. The third-order valence-electron chi connectivity index (χ3n) is 5.80. The van der Waals surface area contributed by atoms with Crippen molar-refractivity contribution in [2.24, 2.45) is 0 Å². The number of rotatable bonds is 7. The topological polar surface area (TPSA) is 99.4 Å². The summed E-state index contributed by atoms with van der Waals surface area (Å²) in [5.74, 6) is -0.734. The van der Waals surface area contributed by atoms with Gasteiger partial charge in [-0.2, -0.15) is 13.2 Å². The van der Waals surface area contributed by atoms with Gasteiger partial charge in [-0.1, -0.05) is 16.7 Å². The van der Waals surface area contributed by atoms with Gasteiger partial charge in [-0.25, -0.2) is 4.39 Å². The molecule has 2 heterocycles. The number of hydrogen-bond donors (Lipinski definition) is 1. The third-order valence-corrected chi connectivity index (χ3v) is 6.11. The number of aromatic nitrogens is 3. The summed E-state index contributed by atoms with van der Waals surface area (Å²) < 4.78 is 67.9. The number of hydrogen-bond acceptors (Lipinski definition) is 7. The van der Waals surface area contributed by atoms with Gasteiger partial charge in [0.25, 0.3) is 5.91 Å². The van der Waals surface area contributed by atoms with Crippen LogP contribution in [0.1, 0.15) is 30.7 Å². The van der Waals surface area contributed by atoms with Crippen molar-refractivity contribution in [2.45, 2.75) is 36.4 Å². The Morgan fingerprint density at radius 3 is 2.62 bits per heavy atom. The highest BCUT2D eigenvalue weighted by atomic mass is 35.5. The maximum atomic E-state index is 13.4. The number of alkyl halides is 3. The first kappa shape index (κ1) is 22.4. The van der Waals surface area contributed by atoms with Crippen LogP contribution in [0, 0.1) is 5.82 Å². The van der Waals surface area contributed by atoms with Crippen molar-refractivity contribution in [2.75, 3.05) is 6.61 Å². The van der Waals surface area contributed by atoms with Crippen LogP contribution in [-0.2, 0) is 16.4 Å². The van der Waals surface area contributed by atoms with Crippen LogP contribution in [0.2, 0.25) is 5.02 Å². The van der Waals surface area contributed by atoms with Gasteiger partial charge < -0.3 is 19.2 Å². The second-order valence-corrected chi connectivity index (χ2v) is 8.79. The molecule has 34 heavy (non-hydrogen) atoms. The number of ether oxygens (including phenoxy) is 2. The van der Waals surface area contributed by atoms with E-state index in [-0.39, 0.29) is 41.0 Å². The lowest BCUT2D eigenvalue weighted by atomic mass is 9.39. The number of nitrogens with zero attached hydrogens (tertiary/aromatic N) is 3. The zero-order chi connectivity index (χ0) is 24.1. The molecule has 13 heteroatoms. The Kier molecular flexibility index (Phi) is 5.15. The van der Waals surface area contributed by atoms with Crippen LogP contribution in [0.25, 0.3) is 0 Å². The van der Waals surface area contributed by atoms with E-state index in [1.165, 1.54) is 12.1 Å². The predicted octanol–water partition coefficient (Wildman–Crippen LogP) is 4.44. The van der Waals surface area contributed by atoms with Gasteiger partial charge >= 0.3 is 12.3 Å². The molecule has 0 radical (unpaired) electrons. The minimum atomic E-state index is -4.56. The molecular formula is C21H15ClF4N4O4. The average Bonchev–Trinajstić information content (AvgIpc) is 3.18. The number of amides is 1. The summed E-state index contributed by atoms with van der Waals surface area (Å²) in [6.45, 7) is -0.292. The molecule has 8 nitrogen and oxygen atoms in total. The van der Waals surface area contributed by atoms with E-state index in [1.54, 1.807) is 0 Å². The maximum Gasteiger partial charge on any atom is 0.420 e. The summed E-state index contributed by atoms with van der Waals surface area (Å²) in [4.78, 5) is 15.7. The quantitative estimate of drug-likeness (QED) is 0.481. The van der Waals surface area contributed by atoms with Gasteiger partial charge in [-0.05, 0) is 37.5 Å². The monoisotopic (exact) mass is 498 g/mol. The molecule has 2 aromatic heterocycles. The van der Waals surface area contributed by atoms with Crippen molar-refractivity contribution in [3.05, 3.63) is 59.0 Å². The maximum absolute atomic E-state index is 13.4. The van der Waals surface area contributed by atoms with Crippen molar-refractivity contribution >= 4 is 17.5 Å². The van der Waals surface area contributed by atoms with E-state index in [9.17, 15) is 22.4 Å². The van der Waals surface area contributed by atoms with E-state index in [4.69, 9.17) is 25.5 Å². The number of benzene rings is 1. The molecule has 1 amide bonds. The van der Waals surface area contributed by atoms with Crippen molar-refractivity contribution in [3.8, 4) is 17.6 Å². The van der Waals surface area contributed by atoms with Gasteiger partial charge in [0.05, 0.1) is 22.2 Å². The Hall–Kier alpha value is -3.41. The second kappa shape index (κ2) is 7.83. The molecule has 3 fully saturated rings. The molecule has 3 aromatic rings. The molecule has 178 valence electrons. The molecule has 1 N–H and O–H groups in total. The van der Waals surface area contributed by atoms with Crippen LogP contribution in [0.4, 0.5) is 17.6 Å². The summed E-state index contributed by atoms with van der Waals surface area (Å²) in [5.41, 5.74) is -1.81. The van der Waals surface area contributed by atoms with Gasteiger partial charge in [-0.3, -0.25) is 9.78 Å². The second-order valence-electron chi connectivity index (χ2n) is 8.39. The Bertz CT molecular complexity index is 1250. The van der Waals surface area contributed by atoms with E-state index in [0.29, 0.717) is 25.5 Å². The number of pyridine rings is 1. The van der Waals surface area contributed by atoms with Gasteiger partial charge in [0, 0.05) is 17.8 Å². The number of carbonyl (C=O) groups excluding carboxylic acids is 1. The lowest BCUT2D eigenvalue weighted by Gasteiger charge is -2.68. The Labute approximate surface area is 194 Å². The fourth-order valence-electron chi connectivity index (χ4n) is 4.39. The van der Waals surface area contributed by atoms with E-state index in [0.717, 1.165) is 18.3 Å². The summed E-state index contributed by atoms with van der Waals surface area (Å²) in [7, 11) is 0. The summed E-state index contributed by atoms with van der Waals surface area (Å²) in [6, 6.07) is 4.67. The molecule has 0 unspecified atom stereocenters. The molecule has 0 aliphatic heterocycles. The van der Waals surface area contributed by atoms with E-state index in [1.807, 2.05) is 0 Å². The largest absolute Gasteiger partial charge is 0.484 e. The fraction of sp³-hybridized carbons (Fsp3) is 0.333. The zero-order valence-corrected chi connectivity index (χ0v) is 17.9. The standard InChI is InChI=1S/C21H15ClF4N4O4/c22-14-2-1-12(4-15(14)23)32-7-16(31)28-20-8-19(9-20,10-20)17-29-30-18(34-17)33-13-3-11(5-27-6-13)21(24,25)26/h1-6H,7-10H2,(H,28,31). The summed E-state index contributed by atoms with van der Waals surface area (Å²) in [5, 5.41) is 10.5. The third kappa shape index (κ3) is 4.13. The number of carbonyl (C=O) groups is 1. The lowest BCUT2D eigenvalue weighted by molar-refractivity contribution is -0.143. The molecule has 1 aromatic carbocycles. The van der Waals surface area contributed by atoms with Gasteiger partial charge in [0.1, 0.15) is 11.6 Å². The van der Waals surface area contributed by atoms with Crippen LogP contribution in [0.15, 0.2) is 41.1 Å². The van der Waals surface area contributed by atoms with Crippen LogP contribution < -0.4 is 14.8 Å². The average molecular weight is 499 g/mol. The fourth-order valence-corrected chi connectivity index (χ4v) is 4.51. The molecule has 0 saturated heterocycles. The van der Waals surface area contributed by atoms with E-state index < -0.39 is 28.5 Å². The molecule has 0 atom stereocenters. The van der Waals surface area contributed by atoms with E-state index >= 15 is 0 Å². The van der Waals surface area contributed by atoms with Gasteiger partial charge in [0.2, 0.25) is 5.89 Å². The molecule has 0 spiro atoms. The van der Waals surface area contributed by atoms with Crippen LogP contribution in [-0.4, -0.2) is 33.2 Å². The molecule has 3 aliphatic rings. The molecular weight excluding hydrogens is 484 g/mol. The van der Waals surface area contributed by atoms with Crippen LogP contribution >= 0.6 is 11.6 Å². The SMILES string of the molecule is O=C(COc1ccc(Cl)c(F)c1)NC12CC(c3nnc(Oc4cncc(C(F)(F)F)c4)o3)(C1)C2. The first-order valence-electron chi connectivity index (χ1n) is 9.99. The molecule has 2 bridgehead atoms. The highest BCUT2D eigenvalue weighted by molar-refractivity contribution is 6.30. The van der Waals surface area contributed by atoms with Crippen LogP contribution in [0.3, 0.4) is 0 Å². The molecule has 6 rings (SSSR count). The first-order chi connectivity index (χ1) is 16.1. The van der Waals surface area contributed by atoms with Crippen molar-refractivity contribution in [1.29, 1.82) is 0 Å². The van der Waals surface area contributed by atoms with Crippen LogP contribution in [0.5, 0.6) is 17.6 Å². The Balaban J connectivity index is 1.14. The highest BCUT2D eigenvalue weighted by Gasteiger charge is 2.72. The zero-order valence-electron chi connectivity index (χ0n) is 17.2. The smallest absolute Gasteiger partial charge is 0.420 e. The highest BCUT2D eigenvalue weighted by Crippen LogP contribution is 2.67. The molecule has 3 aliphatic carbocycles. The predicted molar refractivity (Wildman–Crippen MR) is 107 cm³/mol. The number of nitrogens with one attached hydrogen (secondary N) is 1. The lowest BCUT2D eigenvalue weighted by Crippen LogP contribution is -2.77. The van der Waals surface area contributed by atoms with Gasteiger partial charge in [-0.15, -0.1) is 5.10 Å². The Morgan fingerprint density at radius 2 is 1.91 bits per heavy atom. The number of halogens is 5. The summed E-state index contributed by atoms with van der Waals surface area (Å²) >= 11 is 5.61. The first-order valence-corrected chi connectivity index (χ1v) is 10.4. The van der Waals surface area contributed by atoms with Crippen molar-refractivity contribution in [3.63, 3.8) is 0 Å². The minimum Gasteiger partial charge on any atom is -0.484 e. The Morgan fingerprint density at radius 1 is 1.15 bits per heavy atom. The van der Waals surface area contributed by atoms with Crippen molar-refractivity contribution in [1.82, 2.24) is 20.5 Å².